The van der Waals surface area contributed by atoms with Gasteiger partial charge in [0.25, 0.3) is 10.1 Å². The van der Waals surface area contributed by atoms with Gasteiger partial charge in [0, 0.05) is 12.8 Å². The summed E-state index contributed by atoms with van der Waals surface area (Å²) in [6, 6.07) is 0. The summed E-state index contributed by atoms with van der Waals surface area (Å²) in [5.74, 6) is -2.18. The zero-order valence-corrected chi connectivity index (χ0v) is 8.11. The molecule has 78 valence electrons. The van der Waals surface area contributed by atoms with E-state index in [4.69, 9.17) is 0 Å². The molecule has 0 amide bonds. The van der Waals surface area contributed by atoms with E-state index in [1.807, 2.05) is 0 Å². The number of rotatable bonds is 2. The molecule has 1 rings (SSSR count). The van der Waals surface area contributed by atoms with Crippen LogP contribution in [0.25, 0.3) is 0 Å². The van der Waals surface area contributed by atoms with E-state index in [1.54, 1.807) is 0 Å². The molecule has 0 aromatic rings. The van der Waals surface area contributed by atoms with Gasteiger partial charge in [0.05, 0.1) is 6.26 Å². The first-order valence-corrected chi connectivity index (χ1v) is 5.86. The first kappa shape index (κ1) is 10.8. The second-order valence-corrected chi connectivity index (χ2v) is 4.92. The fraction of sp³-hybridized carbons (Fsp3) is 1.00. The molecule has 0 atom stereocenters. The normalized spacial score (nSPS) is 36.1. The SMILES string of the molecule is CS(=O)(=O)OC1(F)CCC(F)CC1. The minimum Gasteiger partial charge on any atom is -0.247 e. The Morgan fingerprint density at radius 2 is 1.85 bits per heavy atom. The number of alkyl halides is 2. The van der Waals surface area contributed by atoms with Crippen LogP contribution in [0.3, 0.4) is 0 Å². The summed E-state index contributed by atoms with van der Waals surface area (Å²) in [5, 5.41) is 0. The van der Waals surface area contributed by atoms with Crippen molar-refractivity contribution in [2.75, 3.05) is 6.26 Å². The predicted molar refractivity (Wildman–Crippen MR) is 43.1 cm³/mol. The van der Waals surface area contributed by atoms with Crippen LogP contribution in [0.2, 0.25) is 0 Å². The minimum atomic E-state index is -3.80. The van der Waals surface area contributed by atoms with Gasteiger partial charge in [0.1, 0.15) is 6.17 Å². The van der Waals surface area contributed by atoms with E-state index in [9.17, 15) is 17.2 Å². The van der Waals surface area contributed by atoms with E-state index in [0.29, 0.717) is 0 Å². The van der Waals surface area contributed by atoms with Crippen molar-refractivity contribution < 1.29 is 21.4 Å². The highest BCUT2D eigenvalue weighted by Gasteiger charge is 2.39. The molecule has 1 aliphatic carbocycles. The van der Waals surface area contributed by atoms with Crippen LogP contribution in [0.15, 0.2) is 0 Å². The van der Waals surface area contributed by atoms with Gasteiger partial charge >= 0.3 is 0 Å². The van der Waals surface area contributed by atoms with E-state index in [0.717, 1.165) is 6.26 Å². The summed E-state index contributed by atoms with van der Waals surface area (Å²) in [4.78, 5) is 0. The third kappa shape index (κ3) is 3.56. The molecule has 3 nitrogen and oxygen atoms in total. The lowest BCUT2D eigenvalue weighted by molar-refractivity contribution is -0.0956. The van der Waals surface area contributed by atoms with Gasteiger partial charge in [-0.1, -0.05) is 0 Å². The molecule has 1 saturated carbocycles. The van der Waals surface area contributed by atoms with Gasteiger partial charge in [-0.2, -0.15) is 8.42 Å². The third-order valence-corrected chi connectivity index (χ3v) is 2.56. The van der Waals surface area contributed by atoms with Crippen molar-refractivity contribution in [3.05, 3.63) is 0 Å². The molecule has 1 aliphatic rings. The summed E-state index contributed by atoms with van der Waals surface area (Å²) < 4.78 is 51.6. The van der Waals surface area contributed by atoms with Crippen molar-refractivity contribution in [3.63, 3.8) is 0 Å². The van der Waals surface area contributed by atoms with Crippen LogP contribution in [-0.4, -0.2) is 26.7 Å². The molecule has 0 N–H and O–H groups in total. The van der Waals surface area contributed by atoms with Crippen molar-refractivity contribution >= 4 is 10.1 Å². The third-order valence-electron chi connectivity index (χ3n) is 1.96. The van der Waals surface area contributed by atoms with E-state index >= 15 is 0 Å². The van der Waals surface area contributed by atoms with Crippen LogP contribution in [0.4, 0.5) is 8.78 Å². The highest BCUT2D eigenvalue weighted by atomic mass is 32.2. The van der Waals surface area contributed by atoms with Crippen molar-refractivity contribution in [3.8, 4) is 0 Å². The lowest BCUT2D eigenvalue weighted by Gasteiger charge is -2.29. The Morgan fingerprint density at radius 1 is 1.38 bits per heavy atom. The Morgan fingerprint density at radius 3 is 2.23 bits per heavy atom. The lowest BCUT2D eigenvalue weighted by Crippen LogP contribution is -2.35. The largest absolute Gasteiger partial charge is 0.267 e. The molecule has 13 heavy (non-hydrogen) atoms. The summed E-state index contributed by atoms with van der Waals surface area (Å²) in [6.07, 6.45) is -0.594. The molecule has 0 aromatic heterocycles. The van der Waals surface area contributed by atoms with Crippen molar-refractivity contribution in [2.45, 2.75) is 37.7 Å². The standard InChI is InChI=1S/C7H12F2O3S/c1-13(10,11)12-7(9)4-2-6(8)3-5-7/h6H,2-5H2,1H3. The first-order valence-electron chi connectivity index (χ1n) is 4.04. The molecule has 0 spiro atoms. The Bertz CT molecular complexity index is 267. The summed E-state index contributed by atoms with van der Waals surface area (Å²) in [7, 11) is -3.80. The Hall–Kier alpha value is -0.230. The average Bonchev–Trinajstić information content (AvgIpc) is 1.92. The number of halogens is 2. The van der Waals surface area contributed by atoms with Gasteiger partial charge in [0.15, 0.2) is 0 Å². The second kappa shape index (κ2) is 3.49. The minimum absolute atomic E-state index is 0.0199. The summed E-state index contributed by atoms with van der Waals surface area (Å²) in [5.41, 5.74) is 0. The number of hydrogen-bond acceptors (Lipinski definition) is 3. The molecular formula is C7H12F2O3S. The highest BCUT2D eigenvalue weighted by molar-refractivity contribution is 7.86. The van der Waals surface area contributed by atoms with Gasteiger partial charge in [-0.05, 0) is 12.8 Å². The van der Waals surface area contributed by atoms with Crippen molar-refractivity contribution in [2.24, 2.45) is 0 Å². The van der Waals surface area contributed by atoms with Crippen LogP contribution in [0.5, 0.6) is 0 Å². The van der Waals surface area contributed by atoms with Crippen LogP contribution < -0.4 is 0 Å². The molecule has 0 unspecified atom stereocenters. The fourth-order valence-corrected chi connectivity index (χ4v) is 2.08. The molecule has 0 radical (unpaired) electrons. The fourth-order valence-electron chi connectivity index (χ4n) is 1.37. The van der Waals surface area contributed by atoms with Gasteiger partial charge in [-0.25, -0.2) is 13.0 Å². The summed E-state index contributed by atoms with van der Waals surface area (Å²) in [6.45, 7) is 0. The van der Waals surface area contributed by atoms with Crippen LogP contribution >= 0.6 is 0 Å². The molecule has 1 fully saturated rings. The Kier molecular flexibility index (Phi) is 2.91. The van der Waals surface area contributed by atoms with Gasteiger partial charge < -0.3 is 0 Å². The molecule has 6 heteroatoms. The van der Waals surface area contributed by atoms with E-state index in [2.05, 4.69) is 4.18 Å². The highest BCUT2D eigenvalue weighted by Crippen LogP contribution is 2.35. The van der Waals surface area contributed by atoms with Crippen molar-refractivity contribution in [1.29, 1.82) is 0 Å². The summed E-state index contributed by atoms with van der Waals surface area (Å²) >= 11 is 0. The van der Waals surface area contributed by atoms with E-state index in [-0.39, 0.29) is 25.7 Å². The van der Waals surface area contributed by atoms with E-state index in [1.165, 1.54) is 0 Å². The van der Waals surface area contributed by atoms with Crippen LogP contribution in [0.1, 0.15) is 25.7 Å². The maximum absolute atomic E-state index is 13.5. The van der Waals surface area contributed by atoms with Crippen LogP contribution in [-0.2, 0) is 14.3 Å². The second-order valence-electron chi connectivity index (χ2n) is 3.35. The Labute approximate surface area is 76.2 Å². The lowest BCUT2D eigenvalue weighted by atomic mass is 9.94. The molecule has 0 bridgehead atoms. The van der Waals surface area contributed by atoms with E-state index < -0.39 is 22.1 Å². The maximum Gasteiger partial charge on any atom is 0.267 e. The topological polar surface area (TPSA) is 43.4 Å². The van der Waals surface area contributed by atoms with Gasteiger partial charge in [-0.15, -0.1) is 0 Å². The smallest absolute Gasteiger partial charge is 0.247 e. The van der Waals surface area contributed by atoms with Crippen LogP contribution in [0, 0.1) is 0 Å². The average molecular weight is 214 g/mol. The van der Waals surface area contributed by atoms with Gasteiger partial charge in [-0.3, -0.25) is 0 Å². The molecule has 0 aromatic carbocycles. The molecule has 0 saturated heterocycles. The van der Waals surface area contributed by atoms with Crippen molar-refractivity contribution in [1.82, 2.24) is 0 Å². The predicted octanol–water partition coefficient (Wildman–Crippen LogP) is 1.54. The monoisotopic (exact) mass is 214 g/mol. The Balaban J connectivity index is 2.58. The zero-order chi connectivity index (χ0) is 10.1. The van der Waals surface area contributed by atoms with Gasteiger partial charge in [0.2, 0.25) is 5.85 Å². The first-order chi connectivity index (χ1) is 5.81. The molecule has 0 aliphatic heterocycles. The quantitative estimate of drug-likeness (QED) is 0.655. The molecular weight excluding hydrogens is 202 g/mol. The zero-order valence-electron chi connectivity index (χ0n) is 7.29. The molecule has 0 heterocycles. The maximum atomic E-state index is 13.5. The number of hydrogen-bond donors (Lipinski definition) is 0.